The highest BCUT2D eigenvalue weighted by atomic mass is 19.1. The third-order valence-electron chi connectivity index (χ3n) is 4.44. The molecule has 1 aromatic heterocycles. The molecule has 2 aromatic rings. The van der Waals surface area contributed by atoms with Gasteiger partial charge in [0.15, 0.2) is 6.73 Å². The van der Waals surface area contributed by atoms with Crippen LogP contribution in [0.5, 0.6) is 5.75 Å². The lowest BCUT2D eigenvalue weighted by Gasteiger charge is -2.29. The lowest BCUT2D eigenvalue weighted by molar-refractivity contribution is -0.133. The van der Waals surface area contributed by atoms with Crippen molar-refractivity contribution in [3.63, 3.8) is 0 Å². The van der Waals surface area contributed by atoms with Crippen LogP contribution in [0.4, 0.5) is 4.39 Å². The van der Waals surface area contributed by atoms with Crippen molar-refractivity contribution in [1.29, 1.82) is 0 Å². The Morgan fingerprint density at radius 3 is 2.59 bits per heavy atom. The highest BCUT2D eigenvalue weighted by molar-refractivity contribution is 5.95. The van der Waals surface area contributed by atoms with Crippen molar-refractivity contribution in [1.82, 2.24) is 20.0 Å². The molecular weight excluding hydrogens is 351 g/mol. The molecular formula is C19H23FN4O3. The van der Waals surface area contributed by atoms with E-state index in [-0.39, 0.29) is 24.1 Å². The smallest absolute Gasteiger partial charge is 0.272 e. The van der Waals surface area contributed by atoms with E-state index in [4.69, 9.17) is 4.74 Å². The number of carbonyl (C=O) groups is 2. The normalized spacial score (nSPS) is 15.3. The molecule has 0 aliphatic carbocycles. The topological polar surface area (TPSA) is 76.5 Å². The first-order valence-corrected chi connectivity index (χ1v) is 9.04. The van der Waals surface area contributed by atoms with E-state index in [1.807, 2.05) is 0 Å². The Bertz CT molecular complexity index is 785. The summed E-state index contributed by atoms with van der Waals surface area (Å²) in [5, 5.41) is 6.85. The second-order valence-corrected chi connectivity index (χ2v) is 6.55. The van der Waals surface area contributed by atoms with Gasteiger partial charge in [0.25, 0.3) is 5.91 Å². The Kier molecular flexibility index (Phi) is 6.05. The Labute approximate surface area is 157 Å². The Morgan fingerprint density at radius 1 is 1.19 bits per heavy atom. The SMILES string of the molecule is CC(NC(=O)c1ccn(COc2ccc(F)cc2)n1)C(=O)N1CCCCC1. The number of likely N-dealkylation sites (tertiary alicyclic amines) is 1. The number of hydrogen-bond acceptors (Lipinski definition) is 4. The third-order valence-corrected chi connectivity index (χ3v) is 4.44. The van der Waals surface area contributed by atoms with Gasteiger partial charge in [-0.2, -0.15) is 5.10 Å². The monoisotopic (exact) mass is 374 g/mol. The third kappa shape index (κ3) is 5.06. The second kappa shape index (κ2) is 8.66. The number of hydrogen-bond donors (Lipinski definition) is 1. The van der Waals surface area contributed by atoms with Gasteiger partial charge < -0.3 is 15.0 Å². The predicted molar refractivity (Wildman–Crippen MR) is 96.6 cm³/mol. The van der Waals surface area contributed by atoms with Crippen LogP contribution in [0, 0.1) is 5.82 Å². The van der Waals surface area contributed by atoms with Crippen LogP contribution in [0.2, 0.25) is 0 Å². The summed E-state index contributed by atoms with van der Waals surface area (Å²) in [5.74, 6) is -0.317. The minimum Gasteiger partial charge on any atom is -0.471 e. The van der Waals surface area contributed by atoms with E-state index in [0.717, 1.165) is 32.4 Å². The average molecular weight is 374 g/mol. The summed E-state index contributed by atoms with van der Waals surface area (Å²) in [7, 11) is 0. The Morgan fingerprint density at radius 2 is 1.89 bits per heavy atom. The second-order valence-electron chi connectivity index (χ2n) is 6.55. The van der Waals surface area contributed by atoms with Crippen molar-refractivity contribution in [3.8, 4) is 5.75 Å². The highest BCUT2D eigenvalue weighted by Crippen LogP contribution is 2.12. The molecule has 27 heavy (non-hydrogen) atoms. The number of amides is 2. The summed E-state index contributed by atoms with van der Waals surface area (Å²) in [4.78, 5) is 26.5. The molecule has 1 N–H and O–H groups in total. The maximum atomic E-state index is 12.9. The zero-order chi connectivity index (χ0) is 19.2. The van der Waals surface area contributed by atoms with Crippen LogP contribution in [0.15, 0.2) is 36.5 Å². The van der Waals surface area contributed by atoms with Gasteiger partial charge in [-0.05, 0) is 56.5 Å². The maximum Gasteiger partial charge on any atom is 0.272 e. The minimum atomic E-state index is -0.601. The molecule has 1 atom stereocenters. The standard InChI is InChI=1S/C19H23FN4O3/c1-14(19(26)23-10-3-2-4-11-23)21-18(25)17-9-12-24(22-17)13-27-16-7-5-15(20)6-8-16/h5-9,12,14H,2-4,10-11,13H2,1H3,(H,21,25). The fourth-order valence-electron chi connectivity index (χ4n) is 2.95. The van der Waals surface area contributed by atoms with E-state index in [1.54, 1.807) is 24.1 Å². The van der Waals surface area contributed by atoms with Crippen molar-refractivity contribution in [2.24, 2.45) is 0 Å². The number of piperidine rings is 1. The largest absolute Gasteiger partial charge is 0.471 e. The molecule has 0 spiro atoms. The van der Waals surface area contributed by atoms with Gasteiger partial charge in [-0.3, -0.25) is 9.59 Å². The number of aromatic nitrogens is 2. The maximum absolute atomic E-state index is 12.9. The van der Waals surface area contributed by atoms with Gasteiger partial charge in [-0.25, -0.2) is 9.07 Å². The predicted octanol–water partition coefficient (Wildman–Crippen LogP) is 2.19. The molecule has 1 saturated heterocycles. The van der Waals surface area contributed by atoms with Gasteiger partial charge in [0, 0.05) is 19.3 Å². The summed E-state index contributed by atoms with van der Waals surface area (Å²) in [6.07, 6.45) is 4.76. The molecule has 7 nitrogen and oxygen atoms in total. The minimum absolute atomic E-state index is 0.0675. The summed E-state index contributed by atoms with van der Waals surface area (Å²) < 4.78 is 19.8. The van der Waals surface area contributed by atoms with E-state index < -0.39 is 11.9 Å². The van der Waals surface area contributed by atoms with Gasteiger partial charge in [0.05, 0.1) is 0 Å². The molecule has 1 unspecified atom stereocenters. The van der Waals surface area contributed by atoms with E-state index >= 15 is 0 Å². The Hall–Kier alpha value is -2.90. The van der Waals surface area contributed by atoms with Gasteiger partial charge in [-0.1, -0.05) is 0 Å². The highest BCUT2D eigenvalue weighted by Gasteiger charge is 2.24. The van der Waals surface area contributed by atoms with Crippen molar-refractivity contribution in [2.45, 2.75) is 39.0 Å². The summed E-state index contributed by atoms with van der Waals surface area (Å²) in [5.41, 5.74) is 0.205. The molecule has 3 rings (SSSR count). The van der Waals surface area contributed by atoms with Crippen LogP contribution in [0.25, 0.3) is 0 Å². The van der Waals surface area contributed by atoms with Crippen molar-refractivity contribution >= 4 is 11.8 Å². The zero-order valence-corrected chi connectivity index (χ0v) is 15.2. The number of carbonyl (C=O) groups excluding carboxylic acids is 2. The molecule has 0 saturated carbocycles. The number of benzene rings is 1. The number of nitrogens with one attached hydrogen (secondary N) is 1. The zero-order valence-electron chi connectivity index (χ0n) is 15.2. The molecule has 1 aliphatic heterocycles. The summed E-state index contributed by atoms with van der Waals surface area (Å²) in [6, 6.07) is 6.59. The van der Waals surface area contributed by atoms with E-state index in [0.29, 0.717) is 5.75 Å². The van der Waals surface area contributed by atoms with Crippen LogP contribution in [-0.2, 0) is 11.5 Å². The molecule has 2 amide bonds. The molecule has 0 radical (unpaired) electrons. The van der Waals surface area contributed by atoms with E-state index in [9.17, 15) is 14.0 Å². The van der Waals surface area contributed by atoms with Crippen LogP contribution in [-0.4, -0.2) is 45.6 Å². The fourth-order valence-corrected chi connectivity index (χ4v) is 2.95. The molecule has 1 aromatic carbocycles. The first-order chi connectivity index (χ1) is 13.0. The van der Waals surface area contributed by atoms with Crippen LogP contribution in [0.1, 0.15) is 36.7 Å². The summed E-state index contributed by atoms with van der Waals surface area (Å²) in [6.45, 7) is 3.26. The molecule has 144 valence electrons. The first kappa shape index (κ1) is 18.9. The average Bonchev–Trinajstić information content (AvgIpc) is 3.17. The number of nitrogens with zero attached hydrogens (tertiary/aromatic N) is 3. The van der Waals surface area contributed by atoms with E-state index in [1.165, 1.54) is 28.9 Å². The number of halogens is 1. The molecule has 1 fully saturated rings. The van der Waals surface area contributed by atoms with E-state index in [2.05, 4.69) is 10.4 Å². The van der Waals surface area contributed by atoms with Crippen LogP contribution in [0.3, 0.4) is 0 Å². The van der Waals surface area contributed by atoms with Crippen LogP contribution < -0.4 is 10.1 Å². The molecule has 0 bridgehead atoms. The van der Waals surface area contributed by atoms with Gasteiger partial charge in [0.2, 0.25) is 5.91 Å². The fraction of sp³-hybridized carbons (Fsp3) is 0.421. The molecule has 2 heterocycles. The number of ether oxygens (including phenoxy) is 1. The van der Waals surface area contributed by atoms with Crippen molar-refractivity contribution < 1.29 is 18.7 Å². The molecule has 1 aliphatic rings. The van der Waals surface area contributed by atoms with Gasteiger partial charge >= 0.3 is 0 Å². The first-order valence-electron chi connectivity index (χ1n) is 9.04. The van der Waals surface area contributed by atoms with Crippen molar-refractivity contribution in [2.75, 3.05) is 13.1 Å². The Balaban J connectivity index is 1.51. The van der Waals surface area contributed by atoms with Crippen molar-refractivity contribution in [3.05, 3.63) is 48.0 Å². The summed E-state index contributed by atoms with van der Waals surface area (Å²) >= 11 is 0. The van der Waals surface area contributed by atoms with Gasteiger partial charge in [0.1, 0.15) is 23.3 Å². The van der Waals surface area contributed by atoms with Gasteiger partial charge in [-0.15, -0.1) is 0 Å². The molecule has 8 heteroatoms. The lowest BCUT2D eigenvalue weighted by Crippen LogP contribution is -2.48. The number of rotatable bonds is 6. The quantitative estimate of drug-likeness (QED) is 0.841. The lowest BCUT2D eigenvalue weighted by atomic mass is 10.1. The van der Waals surface area contributed by atoms with Crippen LogP contribution >= 0.6 is 0 Å².